The summed E-state index contributed by atoms with van der Waals surface area (Å²) in [6, 6.07) is 9.91. The maximum Gasteiger partial charge on any atom is 0.127 e. The van der Waals surface area contributed by atoms with Gasteiger partial charge >= 0.3 is 0 Å². The van der Waals surface area contributed by atoms with Gasteiger partial charge in [-0.2, -0.15) is 0 Å². The van der Waals surface area contributed by atoms with Crippen LogP contribution in [0, 0.1) is 11.6 Å². The van der Waals surface area contributed by atoms with Crippen LogP contribution in [-0.2, 0) is 6.54 Å². The predicted octanol–water partition coefficient (Wildman–Crippen LogP) is 3.44. The maximum absolute atomic E-state index is 13.5. The summed E-state index contributed by atoms with van der Waals surface area (Å²) in [5.74, 6) is -0.970. The van der Waals surface area contributed by atoms with E-state index >= 15 is 0 Å². The van der Waals surface area contributed by atoms with Crippen molar-refractivity contribution in [2.45, 2.75) is 12.6 Å². The molecule has 1 unspecified atom stereocenters. The summed E-state index contributed by atoms with van der Waals surface area (Å²) in [6.07, 6.45) is 0. The lowest BCUT2D eigenvalue weighted by Gasteiger charge is -2.17. The van der Waals surface area contributed by atoms with Crippen LogP contribution in [0.4, 0.5) is 8.78 Å². The van der Waals surface area contributed by atoms with Crippen LogP contribution in [0.2, 0.25) is 5.02 Å². The Morgan fingerprint density at radius 2 is 1.80 bits per heavy atom. The zero-order valence-electron chi connectivity index (χ0n) is 10.6. The summed E-state index contributed by atoms with van der Waals surface area (Å²) in [7, 11) is 0. The summed E-state index contributed by atoms with van der Waals surface area (Å²) >= 11 is 5.80. The van der Waals surface area contributed by atoms with Crippen molar-refractivity contribution in [2.24, 2.45) is 0 Å². The van der Waals surface area contributed by atoms with Gasteiger partial charge in [0, 0.05) is 17.1 Å². The third kappa shape index (κ3) is 3.76. The quantitative estimate of drug-likeness (QED) is 0.886. The molecule has 20 heavy (non-hydrogen) atoms. The van der Waals surface area contributed by atoms with Gasteiger partial charge < -0.3 is 10.4 Å². The topological polar surface area (TPSA) is 32.3 Å². The molecule has 0 aliphatic heterocycles. The van der Waals surface area contributed by atoms with Crippen LogP contribution in [0.5, 0.6) is 0 Å². The SMILES string of the molecule is OCC(NCc1cc(F)ccc1F)c1ccc(Cl)cc1. The molecule has 106 valence electrons. The fourth-order valence-electron chi connectivity index (χ4n) is 1.89. The van der Waals surface area contributed by atoms with Gasteiger partial charge in [0.25, 0.3) is 0 Å². The number of benzene rings is 2. The average molecular weight is 298 g/mol. The largest absolute Gasteiger partial charge is 0.394 e. The number of nitrogens with one attached hydrogen (secondary N) is 1. The molecule has 2 rings (SSSR count). The number of rotatable bonds is 5. The number of hydrogen-bond donors (Lipinski definition) is 2. The van der Waals surface area contributed by atoms with E-state index < -0.39 is 11.6 Å². The van der Waals surface area contributed by atoms with Crippen molar-refractivity contribution in [3.05, 3.63) is 70.2 Å². The number of aliphatic hydroxyl groups is 1. The van der Waals surface area contributed by atoms with Gasteiger partial charge in [-0.25, -0.2) is 8.78 Å². The smallest absolute Gasteiger partial charge is 0.127 e. The molecule has 0 aliphatic rings. The van der Waals surface area contributed by atoms with Gasteiger partial charge in [0.05, 0.1) is 12.6 Å². The molecule has 1 atom stereocenters. The Kier molecular flexibility index (Phi) is 5.06. The van der Waals surface area contributed by atoms with Crippen LogP contribution in [0.25, 0.3) is 0 Å². The molecule has 0 amide bonds. The van der Waals surface area contributed by atoms with Gasteiger partial charge in [-0.1, -0.05) is 23.7 Å². The van der Waals surface area contributed by atoms with Crippen LogP contribution < -0.4 is 5.32 Å². The molecule has 0 heterocycles. The van der Waals surface area contributed by atoms with Gasteiger partial charge in [-0.05, 0) is 35.9 Å². The van der Waals surface area contributed by atoms with E-state index in [0.29, 0.717) is 5.02 Å². The molecule has 0 saturated carbocycles. The normalized spacial score (nSPS) is 12.4. The molecule has 5 heteroatoms. The van der Waals surface area contributed by atoms with Crippen LogP contribution in [0.15, 0.2) is 42.5 Å². The van der Waals surface area contributed by atoms with E-state index in [1.54, 1.807) is 24.3 Å². The molecule has 0 saturated heterocycles. The Hall–Kier alpha value is -1.49. The van der Waals surface area contributed by atoms with E-state index in [4.69, 9.17) is 11.6 Å². The van der Waals surface area contributed by atoms with Gasteiger partial charge in [0.1, 0.15) is 11.6 Å². The van der Waals surface area contributed by atoms with Crippen molar-refractivity contribution >= 4 is 11.6 Å². The maximum atomic E-state index is 13.5. The Labute approximate surface area is 121 Å². The zero-order chi connectivity index (χ0) is 14.5. The van der Waals surface area contributed by atoms with Crippen molar-refractivity contribution in [1.29, 1.82) is 0 Å². The Bertz CT molecular complexity index is 575. The highest BCUT2D eigenvalue weighted by atomic mass is 35.5. The van der Waals surface area contributed by atoms with E-state index in [0.717, 1.165) is 23.8 Å². The van der Waals surface area contributed by atoms with E-state index in [9.17, 15) is 13.9 Å². The molecule has 2 aromatic carbocycles. The van der Waals surface area contributed by atoms with Crippen molar-refractivity contribution in [3.8, 4) is 0 Å². The van der Waals surface area contributed by atoms with Crippen LogP contribution in [0.1, 0.15) is 17.2 Å². The highest BCUT2D eigenvalue weighted by Gasteiger charge is 2.11. The lowest BCUT2D eigenvalue weighted by Crippen LogP contribution is -2.24. The molecule has 2 aromatic rings. The van der Waals surface area contributed by atoms with E-state index in [1.165, 1.54) is 0 Å². The monoisotopic (exact) mass is 297 g/mol. The second-order valence-corrected chi connectivity index (χ2v) is 4.84. The van der Waals surface area contributed by atoms with Gasteiger partial charge in [-0.15, -0.1) is 0 Å². The first-order valence-corrected chi connectivity index (χ1v) is 6.51. The van der Waals surface area contributed by atoms with Crippen molar-refractivity contribution in [3.63, 3.8) is 0 Å². The molecule has 0 radical (unpaired) electrons. The molecule has 2 N–H and O–H groups in total. The van der Waals surface area contributed by atoms with Crippen LogP contribution >= 0.6 is 11.6 Å². The summed E-state index contributed by atoms with van der Waals surface area (Å²) in [5, 5.41) is 13.0. The van der Waals surface area contributed by atoms with E-state index in [1.807, 2.05) is 0 Å². The molecule has 0 bridgehead atoms. The minimum absolute atomic E-state index is 0.122. The Morgan fingerprint density at radius 1 is 1.10 bits per heavy atom. The zero-order valence-corrected chi connectivity index (χ0v) is 11.4. The first-order chi connectivity index (χ1) is 9.60. The first-order valence-electron chi connectivity index (χ1n) is 6.14. The number of hydrogen-bond acceptors (Lipinski definition) is 2. The standard InChI is InChI=1S/C15H14ClF2NO/c16-12-3-1-10(2-4-12)15(9-20)19-8-11-7-13(17)5-6-14(11)18/h1-7,15,19-20H,8-9H2. The molecule has 0 spiro atoms. The highest BCUT2D eigenvalue weighted by Crippen LogP contribution is 2.17. The average Bonchev–Trinajstić information content (AvgIpc) is 2.45. The lowest BCUT2D eigenvalue weighted by molar-refractivity contribution is 0.243. The second-order valence-electron chi connectivity index (χ2n) is 4.40. The minimum atomic E-state index is -0.491. The predicted molar refractivity (Wildman–Crippen MR) is 74.5 cm³/mol. The third-order valence-electron chi connectivity index (χ3n) is 3.00. The summed E-state index contributed by atoms with van der Waals surface area (Å²) in [5.41, 5.74) is 1.05. The minimum Gasteiger partial charge on any atom is -0.394 e. The first kappa shape index (κ1) is 14.9. The Balaban J connectivity index is 2.07. The third-order valence-corrected chi connectivity index (χ3v) is 3.25. The van der Waals surface area contributed by atoms with Crippen molar-refractivity contribution in [1.82, 2.24) is 5.32 Å². The van der Waals surface area contributed by atoms with E-state index in [2.05, 4.69) is 5.32 Å². The molecule has 0 aliphatic carbocycles. The molecular formula is C15H14ClF2NO. The molecule has 0 fully saturated rings. The number of aliphatic hydroxyl groups excluding tert-OH is 1. The number of halogens is 3. The van der Waals surface area contributed by atoms with Crippen molar-refractivity contribution in [2.75, 3.05) is 6.61 Å². The summed E-state index contributed by atoms with van der Waals surface area (Å²) in [4.78, 5) is 0. The van der Waals surface area contributed by atoms with Crippen molar-refractivity contribution < 1.29 is 13.9 Å². The molecule has 2 nitrogen and oxygen atoms in total. The fraction of sp³-hybridized carbons (Fsp3) is 0.200. The van der Waals surface area contributed by atoms with Gasteiger partial charge in [-0.3, -0.25) is 0 Å². The Morgan fingerprint density at radius 3 is 2.45 bits per heavy atom. The highest BCUT2D eigenvalue weighted by molar-refractivity contribution is 6.30. The molecule has 0 aromatic heterocycles. The van der Waals surface area contributed by atoms with Crippen LogP contribution in [0.3, 0.4) is 0 Å². The summed E-state index contributed by atoms with van der Waals surface area (Å²) in [6.45, 7) is -0.0317. The van der Waals surface area contributed by atoms with Gasteiger partial charge in [0.2, 0.25) is 0 Å². The van der Waals surface area contributed by atoms with Gasteiger partial charge in [0.15, 0.2) is 0 Å². The molecular weight excluding hydrogens is 284 g/mol. The van der Waals surface area contributed by atoms with Crippen LogP contribution in [-0.4, -0.2) is 11.7 Å². The lowest BCUT2D eigenvalue weighted by atomic mass is 10.1. The summed E-state index contributed by atoms with van der Waals surface area (Å²) < 4.78 is 26.6. The fourth-order valence-corrected chi connectivity index (χ4v) is 2.02. The second kappa shape index (κ2) is 6.79. The van der Waals surface area contributed by atoms with E-state index in [-0.39, 0.29) is 24.8 Å².